The molecule has 202 valence electrons. The molecule has 1 amide bonds. The number of hydrogen-bond acceptors (Lipinski definition) is 8. The summed E-state index contributed by atoms with van der Waals surface area (Å²) in [4.78, 5) is 25.2. The van der Waals surface area contributed by atoms with Crippen LogP contribution in [0.3, 0.4) is 0 Å². The first kappa shape index (κ1) is 27.9. The number of amides is 1. The number of hydrazone groups is 1. The van der Waals surface area contributed by atoms with E-state index in [2.05, 4.69) is 17.5 Å². The molecular weight excluding hydrogens is 540 g/mol. The first-order chi connectivity index (χ1) is 19.0. The Bertz CT molecular complexity index is 1470. The fourth-order valence-corrected chi connectivity index (χ4v) is 4.85. The number of unbranched alkanes of at least 4 members (excludes halogenated alkanes) is 1. The van der Waals surface area contributed by atoms with Gasteiger partial charge in [0.15, 0.2) is 18.1 Å². The molecule has 3 aromatic carbocycles. The summed E-state index contributed by atoms with van der Waals surface area (Å²) in [6, 6.07) is 19.5. The summed E-state index contributed by atoms with van der Waals surface area (Å²) in [5, 5.41) is 5.11. The monoisotopic (exact) mass is 566 g/mol. The van der Waals surface area contributed by atoms with Crippen molar-refractivity contribution in [3.05, 3.63) is 82.2 Å². The molecular formula is C29H27ClN2O6S. The minimum atomic E-state index is -0.577. The zero-order valence-corrected chi connectivity index (χ0v) is 23.0. The normalized spacial score (nSPS) is 10.9. The number of carbonyl (C=O) groups is 2. The molecule has 39 heavy (non-hydrogen) atoms. The molecule has 0 atom stereocenters. The molecule has 0 spiro atoms. The van der Waals surface area contributed by atoms with Crippen LogP contribution in [0.2, 0.25) is 5.02 Å². The molecule has 4 rings (SSSR count). The highest BCUT2D eigenvalue weighted by molar-refractivity contribution is 7.21. The van der Waals surface area contributed by atoms with Crippen LogP contribution >= 0.6 is 22.9 Å². The lowest BCUT2D eigenvalue weighted by Crippen LogP contribution is -2.24. The van der Waals surface area contributed by atoms with Gasteiger partial charge in [0.25, 0.3) is 5.91 Å². The third kappa shape index (κ3) is 7.49. The van der Waals surface area contributed by atoms with E-state index in [1.807, 2.05) is 24.3 Å². The van der Waals surface area contributed by atoms with Gasteiger partial charge >= 0.3 is 5.97 Å². The van der Waals surface area contributed by atoms with Crippen molar-refractivity contribution in [2.24, 2.45) is 5.10 Å². The Hall–Kier alpha value is -4.08. The summed E-state index contributed by atoms with van der Waals surface area (Å²) in [6.07, 6.45) is 3.50. The van der Waals surface area contributed by atoms with Crippen LogP contribution in [0.15, 0.2) is 71.8 Å². The zero-order chi connectivity index (χ0) is 27.6. The number of carbonyl (C=O) groups excluding carboxylic acids is 2. The van der Waals surface area contributed by atoms with Gasteiger partial charge in [-0.05, 0) is 60.5 Å². The third-order valence-corrected chi connectivity index (χ3v) is 7.13. The number of fused-ring (bicyclic) bond motifs is 1. The van der Waals surface area contributed by atoms with Crippen LogP contribution in [0.25, 0.3) is 10.1 Å². The molecule has 1 heterocycles. The molecule has 8 nitrogen and oxygen atoms in total. The largest absolute Gasteiger partial charge is 0.494 e. The predicted molar refractivity (Wildman–Crippen MR) is 153 cm³/mol. The van der Waals surface area contributed by atoms with Gasteiger partial charge < -0.3 is 18.9 Å². The lowest BCUT2D eigenvalue weighted by atomic mass is 10.2. The molecule has 4 aromatic rings. The van der Waals surface area contributed by atoms with Gasteiger partial charge in [-0.2, -0.15) is 5.10 Å². The zero-order valence-electron chi connectivity index (χ0n) is 21.4. The summed E-state index contributed by atoms with van der Waals surface area (Å²) in [6.45, 7) is 2.57. The van der Waals surface area contributed by atoms with Crippen LogP contribution in [-0.4, -0.2) is 38.4 Å². The molecule has 1 aromatic heterocycles. The predicted octanol–water partition coefficient (Wildman–Crippen LogP) is 6.49. The Morgan fingerprint density at radius 1 is 1.00 bits per heavy atom. The van der Waals surface area contributed by atoms with E-state index in [0.717, 1.165) is 28.7 Å². The third-order valence-electron chi connectivity index (χ3n) is 5.47. The van der Waals surface area contributed by atoms with E-state index in [1.165, 1.54) is 24.7 Å². The molecule has 0 aliphatic carbocycles. The van der Waals surface area contributed by atoms with Crippen LogP contribution in [0.5, 0.6) is 23.0 Å². The molecule has 0 saturated carbocycles. The number of nitrogens with zero attached hydrogens (tertiary/aromatic N) is 1. The molecule has 1 N–H and O–H groups in total. The van der Waals surface area contributed by atoms with Crippen LogP contribution in [0, 0.1) is 0 Å². The summed E-state index contributed by atoms with van der Waals surface area (Å²) in [5.74, 6) is 0.849. The minimum absolute atomic E-state index is 0.203. The molecule has 10 heteroatoms. The Labute approximate surface area is 235 Å². The van der Waals surface area contributed by atoms with Crippen molar-refractivity contribution in [2.75, 3.05) is 20.3 Å². The van der Waals surface area contributed by atoms with Crippen LogP contribution in [0.1, 0.15) is 35.0 Å². The fraction of sp³-hybridized carbons (Fsp3) is 0.207. The van der Waals surface area contributed by atoms with E-state index in [4.69, 9.17) is 30.5 Å². The highest BCUT2D eigenvalue weighted by atomic mass is 35.5. The molecule has 0 fully saturated rings. The van der Waals surface area contributed by atoms with E-state index < -0.39 is 11.9 Å². The molecule has 0 saturated heterocycles. The van der Waals surface area contributed by atoms with Gasteiger partial charge in [-0.3, -0.25) is 4.79 Å². The Morgan fingerprint density at radius 2 is 1.74 bits per heavy atom. The van der Waals surface area contributed by atoms with Crippen molar-refractivity contribution in [2.45, 2.75) is 19.8 Å². The number of benzene rings is 3. The fourth-order valence-electron chi connectivity index (χ4n) is 3.47. The van der Waals surface area contributed by atoms with Crippen molar-refractivity contribution >= 4 is 51.1 Å². The van der Waals surface area contributed by atoms with E-state index in [-0.39, 0.29) is 12.4 Å². The average Bonchev–Trinajstić information content (AvgIpc) is 3.30. The van der Waals surface area contributed by atoms with Gasteiger partial charge in [-0.1, -0.05) is 43.1 Å². The average molecular weight is 567 g/mol. The van der Waals surface area contributed by atoms with Crippen molar-refractivity contribution in [3.8, 4) is 23.0 Å². The highest BCUT2D eigenvalue weighted by Gasteiger charge is 2.20. The molecule has 0 aliphatic rings. The number of nitrogens with one attached hydrogen (secondary N) is 1. The number of hydrogen-bond donors (Lipinski definition) is 1. The van der Waals surface area contributed by atoms with Gasteiger partial charge in [0.2, 0.25) is 0 Å². The van der Waals surface area contributed by atoms with Gasteiger partial charge in [0.05, 0.1) is 25.0 Å². The van der Waals surface area contributed by atoms with Crippen molar-refractivity contribution in [3.63, 3.8) is 0 Å². The van der Waals surface area contributed by atoms with E-state index in [0.29, 0.717) is 33.6 Å². The van der Waals surface area contributed by atoms with E-state index in [9.17, 15) is 9.59 Å². The maximum atomic E-state index is 12.8. The second kappa shape index (κ2) is 13.6. The lowest BCUT2D eigenvalue weighted by Gasteiger charge is -2.09. The summed E-state index contributed by atoms with van der Waals surface area (Å²) in [7, 11) is 1.46. The maximum absolute atomic E-state index is 12.8. The quantitative estimate of drug-likeness (QED) is 0.0692. The second-order valence-electron chi connectivity index (χ2n) is 8.30. The Kier molecular flexibility index (Phi) is 9.77. The van der Waals surface area contributed by atoms with Gasteiger partial charge in [-0.15, -0.1) is 11.3 Å². The van der Waals surface area contributed by atoms with E-state index in [1.54, 1.807) is 42.5 Å². The van der Waals surface area contributed by atoms with Gasteiger partial charge in [0.1, 0.15) is 16.4 Å². The number of rotatable bonds is 12. The second-order valence-corrected chi connectivity index (χ2v) is 9.73. The van der Waals surface area contributed by atoms with Gasteiger partial charge in [-0.25, -0.2) is 10.2 Å². The topological polar surface area (TPSA) is 95.5 Å². The molecule has 0 unspecified atom stereocenters. The number of halogens is 1. The lowest BCUT2D eigenvalue weighted by molar-refractivity contribution is -0.123. The number of methoxy groups -OCH3 is 1. The van der Waals surface area contributed by atoms with Crippen molar-refractivity contribution < 1.29 is 28.5 Å². The van der Waals surface area contributed by atoms with Crippen molar-refractivity contribution in [1.82, 2.24) is 5.43 Å². The van der Waals surface area contributed by atoms with Crippen LogP contribution in [-0.2, 0) is 4.79 Å². The highest BCUT2D eigenvalue weighted by Crippen LogP contribution is 2.37. The first-order valence-corrected chi connectivity index (χ1v) is 13.4. The number of thiophene rings is 1. The van der Waals surface area contributed by atoms with Gasteiger partial charge in [0, 0.05) is 10.1 Å². The number of ether oxygens (including phenoxy) is 4. The van der Waals surface area contributed by atoms with Crippen LogP contribution in [0.4, 0.5) is 0 Å². The SMILES string of the molecule is CCCCOc1ccc(OCC(=O)N/N=C/c2ccc(OC(=O)c3sc4ccccc4c3Cl)c(OC)c2)cc1. The van der Waals surface area contributed by atoms with E-state index >= 15 is 0 Å². The Morgan fingerprint density at radius 3 is 2.46 bits per heavy atom. The summed E-state index contributed by atoms with van der Waals surface area (Å²) >= 11 is 7.66. The number of esters is 1. The molecule has 0 radical (unpaired) electrons. The Balaban J connectivity index is 1.29. The van der Waals surface area contributed by atoms with Crippen LogP contribution < -0.4 is 24.4 Å². The minimum Gasteiger partial charge on any atom is -0.494 e. The standard InChI is InChI=1S/C29H27ClN2O6S/c1-3-4-15-36-20-10-12-21(13-11-20)37-18-26(33)32-31-17-19-9-14-23(24(16-19)35-2)38-29(34)28-27(30)22-7-5-6-8-25(22)39-28/h5-14,16-17H,3-4,15,18H2,1-2H3,(H,32,33)/b31-17+. The smallest absolute Gasteiger partial charge is 0.355 e. The molecule has 0 aliphatic heterocycles. The summed E-state index contributed by atoms with van der Waals surface area (Å²) in [5.41, 5.74) is 3.03. The first-order valence-electron chi connectivity index (χ1n) is 12.2. The maximum Gasteiger partial charge on any atom is 0.355 e. The van der Waals surface area contributed by atoms with Crippen molar-refractivity contribution in [1.29, 1.82) is 0 Å². The molecule has 0 bridgehead atoms. The summed E-state index contributed by atoms with van der Waals surface area (Å²) < 4.78 is 22.9.